The number of fused-ring (bicyclic) bond motifs is 1. The molecule has 0 radical (unpaired) electrons. The predicted molar refractivity (Wildman–Crippen MR) is 146 cm³/mol. The highest BCUT2D eigenvalue weighted by Crippen LogP contribution is 2.24. The van der Waals surface area contributed by atoms with Crippen molar-refractivity contribution in [3.8, 4) is 5.75 Å². The van der Waals surface area contributed by atoms with Crippen molar-refractivity contribution in [3.63, 3.8) is 0 Å². The summed E-state index contributed by atoms with van der Waals surface area (Å²) in [5, 5.41) is 23.7. The summed E-state index contributed by atoms with van der Waals surface area (Å²) in [5.74, 6) is -1.19. The number of carboxylic acids is 1. The number of hydrogen-bond acceptors (Lipinski definition) is 6. The lowest BCUT2D eigenvalue weighted by Gasteiger charge is -2.15. The van der Waals surface area contributed by atoms with Gasteiger partial charge in [0.1, 0.15) is 17.6 Å². The number of nitrogen functional groups attached to an aromatic ring is 1. The van der Waals surface area contributed by atoms with Gasteiger partial charge in [0.2, 0.25) is 5.91 Å². The van der Waals surface area contributed by atoms with Crippen LogP contribution in [0.5, 0.6) is 5.75 Å². The number of nitrogens with one attached hydrogen (secondary N) is 3. The Labute approximate surface area is 224 Å². The van der Waals surface area contributed by atoms with Gasteiger partial charge in [0, 0.05) is 34.9 Å². The van der Waals surface area contributed by atoms with E-state index in [0.717, 1.165) is 11.3 Å². The van der Waals surface area contributed by atoms with Gasteiger partial charge in [-0.15, -0.1) is 0 Å². The first-order chi connectivity index (χ1) is 18.7. The summed E-state index contributed by atoms with van der Waals surface area (Å²) in [7, 11) is 1.58. The average Bonchev–Trinajstić information content (AvgIpc) is 3.36. The number of hydrogen-bond donors (Lipinski definition) is 5. The largest absolute Gasteiger partial charge is 0.497 e. The molecule has 0 spiro atoms. The fourth-order valence-electron chi connectivity index (χ4n) is 4.06. The van der Waals surface area contributed by atoms with Crippen LogP contribution in [0.3, 0.4) is 0 Å². The van der Waals surface area contributed by atoms with Crippen LogP contribution in [0.25, 0.3) is 10.8 Å². The third kappa shape index (κ3) is 6.80. The Balaban J connectivity index is 1.33. The standard InChI is InChI=1S/C29H28N4O6/c1-38-22-10-4-17(5-11-22)6-13-25(34)33-24(29(36)37)14-18-2-8-21(9-3-18)32-28(35)26-23-12-7-19(27(30)31)15-20(23)16-39-26/h2-5,7-12,15-16,24H,6,13-14H2,1H3,(H3,30,31)(H,32,35)(H,33,34)(H,36,37)/t24-/m0/s1. The van der Waals surface area contributed by atoms with Crippen molar-refractivity contribution in [2.75, 3.05) is 12.4 Å². The summed E-state index contributed by atoms with van der Waals surface area (Å²) >= 11 is 0. The first-order valence-electron chi connectivity index (χ1n) is 12.1. The number of carbonyl (C=O) groups excluding carboxylic acids is 2. The summed E-state index contributed by atoms with van der Waals surface area (Å²) in [4.78, 5) is 37.0. The first-order valence-corrected chi connectivity index (χ1v) is 12.1. The number of carboxylic acid groups (broad SMARTS) is 1. The number of benzene rings is 3. The molecule has 0 unspecified atom stereocenters. The molecule has 10 nitrogen and oxygen atoms in total. The fourth-order valence-corrected chi connectivity index (χ4v) is 4.06. The van der Waals surface area contributed by atoms with Gasteiger partial charge in [-0.3, -0.25) is 15.0 Å². The number of methoxy groups -OCH3 is 1. The van der Waals surface area contributed by atoms with Gasteiger partial charge in [0.05, 0.1) is 13.4 Å². The van der Waals surface area contributed by atoms with Gasteiger partial charge in [-0.1, -0.05) is 30.3 Å². The lowest BCUT2D eigenvalue weighted by molar-refractivity contribution is -0.141. The molecule has 0 aliphatic rings. The van der Waals surface area contributed by atoms with Gasteiger partial charge >= 0.3 is 5.97 Å². The second-order valence-corrected chi connectivity index (χ2v) is 8.94. The van der Waals surface area contributed by atoms with Crippen LogP contribution in [0.4, 0.5) is 5.69 Å². The minimum atomic E-state index is -1.14. The summed E-state index contributed by atoms with van der Waals surface area (Å²) < 4.78 is 10.6. The zero-order valence-corrected chi connectivity index (χ0v) is 21.2. The zero-order valence-electron chi connectivity index (χ0n) is 21.2. The average molecular weight is 529 g/mol. The highest BCUT2D eigenvalue weighted by atomic mass is 16.5. The molecule has 1 atom stereocenters. The predicted octanol–water partition coefficient (Wildman–Crippen LogP) is 3.72. The van der Waals surface area contributed by atoms with E-state index in [-0.39, 0.29) is 30.3 Å². The van der Waals surface area contributed by atoms with E-state index in [9.17, 15) is 19.5 Å². The smallest absolute Gasteiger partial charge is 0.326 e. The van der Waals surface area contributed by atoms with E-state index in [2.05, 4.69) is 10.6 Å². The Hall–Kier alpha value is -5.12. The maximum atomic E-state index is 12.8. The van der Waals surface area contributed by atoms with Crippen molar-refractivity contribution in [1.82, 2.24) is 5.32 Å². The summed E-state index contributed by atoms with van der Waals surface area (Å²) in [5.41, 5.74) is 8.15. The minimum absolute atomic E-state index is 0.0811. The first kappa shape index (κ1) is 26.9. The number of aliphatic carboxylic acids is 1. The molecule has 0 saturated heterocycles. The molecular formula is C29H28N4O6. The van der Waals surface area contributed by atoms with Crippen LogP contribution in [-0.2, 0) is 22.4 Å². The quantitative estimate of drug-likeness (QED) is 0.146. The number of anilines is 1. The topological polar surface area (TPSA) is 168 Å². The Morgan fingerprint density at radius 2 is 1.72 bits per heavy atom. The second kappa shape index (κ2) is 12.0. The molecule has 200 valence electrons. The number of amides is 2. The van der Waals surface area contributed by atoms with Crippen molar-refractivity contribution in [3.05, 3.63) is 95.4 Å². The summed E-state index contributed by atoms with van der Waals surface area (Å²) in [6.45, 7) is 0. The van der Waals surface area contributed by atoms with Gasteiger partial charge < -0.3 is 30.6 Å². The van der Waals surface area contributed by atoms with E-state index >= 15 is 0 Å². The fraction of sp³-hybridized carbons (Fsp3) is 0.172. The summed E-state index contributed by atoms with van der Waals surface area (Å²) in [6, 6.07) is 17.9. The molecule has 1 aromatic heterocycles. The van der Waals surface area contributed by atoms with E-state index in [0.29, 0.717) is 34.0 Å². The number of carbonyl (C=O) groups is 3. The Morgan fingerprint density at radius 1 is 1.03 bits per heavy atom. The van der Waals surface area contributed by atoms with Crippen LogP contribution in [0.1, 0.15) is 33.7 Å². The molecule has 1 heterocycles. The number of furan rings is 1. The van der Waals surface area contributed by atoms with Crippen molar-refractivity contribution < 1.29 is 28.6 Å². The Kier molecular flexibility index (Phi) is 8.25. The van der Waals surface area contributed by atoms with E-state index < -0.39 is 17.9 Å². The molecule has 0 fully saturated rings. The number of nitrogens with two attached hydrogens (primary N) is 1. The highest BCUT2D eigenvalue weighted by molar-refractivity contribution is 6.12. The van der Waals surface area contributed by atoms with Gasteiger partial charge in [0.15, 0.2) is 5.76 Å². The molecule has 6 N–H and O–H groups in total. The normalized spacial score (nSPS) is 11.5. The van der Waals surface area contributed by atoms with Crippen molar-refractivity contribution >= 4 is 40.1 Å². The molecule has 10 heteroatoms. The van der Waals surface area contributed by atoms with Gasteiger partial charge in [-0.2, -0.15) is 0 Å². The molecule has 4 aromatic rings. The maximum absolute atomic E-state index is 12.8. The second-order valence-electron chi connectivity index (χ2n) is 8.94. The monoisotopic (exact) mass is 528 g/mol. The molecule has 2 amide bonds. The molecule has 0 bridgehead atoms. The third-order valence-corrected chi connectivity index (χ3v) is 6.20. The van der Waals surface area contributed by atoms with Crippen molar-refractivity contribution in [2.24, 2.45) is 5.73 Å². The van der Waals surface area contributed by atoms with Crippen molar-refractivity contribution in [1.29, 1.82) is 5.41 Å². The Morgan fingerprint density at radius 3 is 2.36 bits per heavy atom. The third-order valence-electron chi connectivity index (χ3n) is 6.20. The van der Waals surface area contributed by atoms with Crippen LogP contribution in [0.15, 0.2) is 77.4 Å². The molecule has 0 aliphatic carbocycles. The highest BCUT2D eigenvalue weighted by Gasteiger charge is 2.21. The SMILES string of the molecule is COc1ccc(CCC(=O)N[C@@H](Cc2ccc(NC(=O)c3occ4cc(C(=N)N)ccc34)cc2)C(=O)O)cc1. The molecule has 39 heavy (non-hydrogen) atoms. The van der Waals surface area contributed by atoms with Crippen LogP contribution in [0.2, 0.25) is 0 Å². The van der Waals surface area contributed by atoms with Crippen LogP contribution in [-0.4, -0.2) is 41.9 Å². The molecule has 4 rings (SSSR count). The summed E-state index contributed by atoms with van der Waals surface area (Å²) in [6.07, 6.45) is 2.13. The van der Waals surface area contributed by atoms with Gasteiger partial charge in [-0.05, 0) is 53.9 Å². The number of ether oxygens (including phenoxy) is 1. The van der Waals surface area contributed by atoms with E-state index in [1.54, 1.807) is 61.7 Å². The van der Waals surface area contributed by atoms with E-state index in [4.69, 9.17) is 20.3 Å². The molecular weight excluding hydrogens is 500 g/mol. The lowest BCUT2D eigenvalue weighted by atomic mass is 10.0. The van der Waals surface area contributed by atoms with Crippen LogP contribution < -0.4 is 21.1 Å². The maximum Gasteiger partial charge on any atom is 0.326 e. The number of aryl methyl sites for hydroxylation is 1. The van der Waals surface area contributed by atoms with Crippen LogP contribution >= 0.6 is 0 Å². The molecule has 3 aromatic carbocycles. The van der Waals surface area contributed by atoms with Gasteiger partial charge in [-0.25, -0.2) is 4.79 Å². The minimum Gasteiger partial charge on any atom is -0.497 e. The van der Waals surface area contributed by atoms with Crippen LogP contribution in [0, 0.1) is 5.41 Å². The van der Waals surface area contributed by atoms with E-state index in [1.807, 2.05) is 12.1 Å². The van der Waals surface area contributed by atoms with E-state index in [1.165, 1.54) is 6.26 Å². The molecule has 0 aliphatic heterocycles. The van der Waals surface area contributed by atoms with Crippen molar-refractivity contribution in [2.45, 2.75) is 25.3 Å². The molecule has 0 saturated carbocycles. The zero-order chi connectivity index (χ0) is 27.9. The van der Waals surface area contributed by atoms with Gasteiger partial charge in [0.25, 0.3) is 5.91 Å². The number of rotatable bonds is 11. The number of amidine groups is 1. The lowest BCUT2D eigenvalue weighted by Crippen LogP contribution is -2.42. The Bertz CT molecular complexity index is 1510.